The van der Waals surface area contributed by atoms with Crippen LogP contribution in [0.1, 0.15) is 6.92 Å². The van der Waals surface area contributed by atoms with Crippen LogP contribution >= 0.6 is 11.5 Å². The monoisotopic (exact) mass is 267 g/mol. The van der Waals surface area contributed by atoms with Gasteiger partial charge in [-0.2, -0.15) is 0 Å². The van der Waals surface area contributed by atoms with Crippen LogP contribution in [0.2, 0.25) is 0 Å². The Hall–Kier alpha value is -2.15. The molecule has 0 saturated heterocycles. The minimum atomic E-state index is -0.501. The van der Waals surface area contributed by atoms with E-state index in [4.69, 9.17) is 5.73 Å². The second-order valence-corrected chi connectivity index (χ2v) is 4.57. The zero-order valence-corrected chi connectivity index (χ0v) is 10.6. The van der Waals surface area contributed by atoms with E-state index in [1.807, 2.05) is 12.1 Å². The van der Waals surface area contributed by atoms with Crippen LogP contribution in [-0.4, -0.2) is 15.8 Å². The molecule has 7 heteroatoms. The Labute approximate surface area is 107 Å². The van der Waals surface area contributed by atoms with E-state index in [9.17, 15) is 14.4 Å². The molecule has 18 heavy (non-hydrogen) atoms. The minimum Gasteiger partial charge on any atom is -0.370 e. The highest BCUT2D eigenvalue weighted by molar-refractivity contribution is 7.13. The highest BCUT2D eigenvalue weighted by atomic mass is 32.1. The van der Waals surface area contributed by atoms with Gasteiger partial charge in [0.1, 0.15) is 6.54 Å². The third-order valence-electron chi connectivity index (χ3n) is 1.85. The van der Waals surface area contributed by atoms with Crippen LogP contribution in [-0.2, 0) is 16.1 Å². The average molecular weight is 267 g/mol. The van der Waals surface area contributed by atoms with E-state index in [-0.39, 0.29) is 18.0 Å². The van der Waals surface area contributed by atoms with Crippen LogP contribution in [0.4, 0.5) is 0 Å². The fraction of sp³-hybridized carbons (Fsp3) is 0.182. The summed E-state index contributed by atoms with van der Waals surface area (Å²) in [4.78, 5) is 31.5. The molecule has 0 aliphatic heterocycles. The Morgan fingerprint density at radius 2 is 1.83 bits per heavy atom. The van der Waals surface area contributed by atoms with Crippen LogP contribution in [0.15, 0.2) is 29.1 Å². The van der Waals surface area contributed by atoms with Gasteiger partial charge in [-0.25, -0.2) is 0 Å². The topological polar surface area (TPSA) is 108 Å². The van der Waals surface area contributed by atoms with E-state index in [1.165, 1.54) is 22.4 Å². The molecule has 2 amide bonds. The van der Waals surface area contributed by atoms with Crippen LogP contribution in [0.25, 0.3) is 10.1 Å². The first-order valence-electron chi connectivity index (χ1n) is 5.05. The lowest BCUT2D eigenvalue weighted by atomic mass is 10.3. The number of aromatic nitrogens is 1. The van der Waals surface area contributed by atoms with E-state index in [0.717, 1.165) is 4.70 Å². The van der Waals surface area contributed by atoms with Crippen molar-refractivity contribution in [3.8, 4) is 0 Å². The second kappa shape index (κ2) is 5.97. The predicted octanol–water partition coefficient (Wildman–Crippen LogP) is 0.0399. The number of carbonyl (C=O) groups excluding carboxylic acids is 2. The molecule has 0 bridgehead atoms. The van der Waals surface area contributed by atoms with E-state index < -0.39 is 5.91 Å². The number of rotatable bonds is 2. The molecule has 0 unspecified atom stereocenters. The lowest BCUT2D eigenvalue weighted by Gasteiger charge is -1.92. The standard InChI is InChI=1S/C9H8N2O2S.C2H5NO/c10-8(12)5-11-9(13)6-3-1-2-4-7(6)14-11;1-2(3)4/h1-4H,5H2,(H2,10,12);1H3,(H2,3,4). The first-order chi connectivity index (χ1) is 8.41. The number of hydrogen-bond donors (Lipinski definition) is 2. The first-order valence-corrected chi connectivity index (χ1v) is 5.82. The van der Waals surface area contributed by atoms with Crippen molar-refractivity contribution in [2.45, 2.75) is 13.5 Å². The number of primary amides is 2. The molecule has 0 atom stereocenters. The summed E-state index contributed by atoms with van der Waals surface area (Å²) in [6.07, 6.45) is 0. The summed E-state index contributed by atoms with van der Waals surface area (Å²) in [5.41, 5.74) is 9.35. The van der Waals surface area contributed by atoms with Crippen LogP contribution in [0, 0.1) is 0 Å². The van der Waals surface area contributed by atoms with E-state index in [2.05, 4.69) is 5.73 Å². The van der Waals surface area contributed by atoms with Crippen molar-refractivity contribution in [2.75, 3.05) is 0 Å². The highest BCUT2D eigenvalue weighted by Crippen LogP contribution is 2.15. The van der Waals surface area contributed by atoms with Crippen LogP contribution in [0.5, 0.6) is 0 Å². The molecule has 96 valence electrons. The van der Waals surface area contributed by atoms with Crippen molar-refractivity contribution in [3.63, 3.8) is 0 Å². The minimum absolute atomic E-state index is 0.0435. The summed E-state index contributed by atoms with van der Waals surface area (Å²) in [7, 11) is 0. The number of nitrogens with zero attached hydrogens (tertiary/aromatic N) is 1. The van der Waals surface area contributed by atoms with Gasteiger partial charge in [-0.1, -0.05) is 23.7 Å². The molecule has 6 nitrogen and oxygen atoms in total. The fourth-order valence-electron chi connectivity index (χ4n) is 1.26. The molecule has 1 aromatic heterocycles. The van der Waals surface area contributed by atoms with Crippen molar-refractivity contribution in [3.05, 3.63) is 34.6 Å². The maximum atomic E-state index is 11.6. The Kier molecular flexibility index (Phi) is 4.61. The highest BCUT2D eigenvalue weighted by Gasteiger charge is 2.07. The predicted molar refractivity (Wildman–Crippen MR) is 70.1 cm³/mol. The van der Waals surface area contributed by atoms with Crippen LogP contribution in [0.3, 0.4) is 0 Å². The zero-order chi connectivity index (χ0) is 13.7. The van der Waals surface area contributed by atoms with Gasteiger partial charge >= 0.3 is 0 Å². The molecule has 2 rings (SSSR count). The van der Waals surface area contributed by atoms with Gasteiger partial charge in [-0.05, 0) is 12.1 Å². The normalized spacial score (nSPS) is 9.61. The number of nitrogens with two attached hydrogens (primary N) is 2. The maximum absolute atomic E-state index is 11.6. The van der Waals surface area contributed by atoms with Gasteiger partial charge < -0.3 is 11.5 Å². The van der Waals surface area contributed by atoms with Crippen molar-refractivity contribution in [1.29, 1.82) is 0 Å². The maximum Gasteiger partial charge on any atom is 0.268 e. The van der Waals surface area contributed by atoms with Crippen molar-refractivity contribution in [1.82, 2.24) is 3.96 Å². The summed E-state index contributed by atoms with van der Waals surface area (Å²) in [5, 5.41) is 0.638. The lowest BCUT2D eigenvalue weighted by molar-refractivity contribution is -0.118. The summed E-state index contributed by atoms with van der Waals surface area (Å²) >= 11 is 1.26. The third-order valence-corrected chi connectivity index (χ3v) is 2.92. The largest absolute Gasteiger partial charge is 0.370 e. The van der Waals surface area contributed by atoms with Gasteiger partial charge in [0.25, 0.3) is 5.56 Å². The SMILES string of the molecule is CC(N)=O.NC(=O)Cn1sc2ccccc2c1=O. The number of carbonyl (C=O) groups is 2. The second-order valence-electron chi connectivity index (χ2n) is 3.51. The van der Waals surface area contributed by atoms with Crippen LogP contribution < -0.4 is 17.0 Å². The van der Waals surface area contributed by atoms with Crippen molar-refractivity contribution >= 4 is 33.4 Å². The molecule has 1 aromatic carbocycles. The summed E-state index contributed by atoms with van der Waals surface area (Å²) < 4.78 is 2.24. The summed E-state index contributed by atoms with van der Waals surface area (Å²) in [5.74, 6) is -0.835. The van der Waals surface area contributed by atoms with Gasteiger partial charge in [0.05, 0.1) is 10.1 Å². The molecule has 0 saturated carbocycles. The summed E-state index contributed by atoms with van der Waals surface area (Å²) in [6, 6.07) is 7.24. The Balaban J connectivity index is 0.000000357. The molecule has 2 aromatic rings. The quantitative estimate of drug-likeness (QED) is 0.801. The molecular weight excluding hydrogens is 254 g/mol. The van der Waals surface area contributed by atoms with Crippen molar-refractivity contribution < 1.29 is 9.59 Å². The van der Waals surface area contributed by atoms with Gasteiger partial charge in [0.15, 0.2) is 0 Å². The van der Waals surface area contributed by atoms with E-state index in [0.29, 0.717) is 5.39 Å². The molecule has 0 spiro atoms. The van der Waals surface area contributed by atoms with E-state index in [1.54, 1.807) is 12.1 Å². The molecule has 0 radical (unpaired) electrons. The molecule has 0 aliphatic rings. The molecule has 0 fully saturated rings. The van der Waals surface area contributed by atoms with Gasteiger partial charge in [0.2, 0.25) is 11.8 Å². The molecule has 4 N–H and O–H groups in total. The zero-order valence-electron chi connectivity index (χ0n) is 9.75. The van der Waals surface area contributed by atoms with Gasteiger partial charge in [-0.15, -0.1) is 0 Å². The Morgan fingerprint density at radius 3 is 2.33 bits per heavy atom. The molecule has 0 aliphatic carbocycles. The smallest absolute Gasteiger partial charge is 0.268 e. The first kappa shape index (κ1) is 13.9. The lowest BCUT2D eigenvalue weighted by Crippen LogP contribution is -2.23. The molecule has 1 heterocycles. The number of fused-ring (bicyclic) bond motifs is 1. The number of amides is 2. The molecular formula is C11H13N3O3S. The summed E-state index contributed by atoms with van der Waals surface area (Å²) in [6.45, 7) is 1.26. The Morgan fingerprint density at radius 1 is 1.28 bits per heavy atom. The van der Waals surface area contributed by atoms with Gasteiger partial charge in [0, 0.05) is 6.92 Å². The third kappa shape index (κ3) is 3.70. The Bertz CT molecular complexity index is 626. The number of benzene rings is 1. The van der Waals surface area contributed by atoms with E-state index >= 15 is 0 Å². The average Bonchev–Trinajstić information content (AvgIpc) is 2.55. The van der Waals surface area contributed by atoms with Gasteiger partial charge in [-0.3, -0.25) is 18.3 Å². The fourth-order valence-corrected chi connectivity index (χ4v) is 2.27. The van der Waals surface area contributed by atoms with Crippen molar-refractivity contribution in [2.24, 2.45) is 11.5 Å². The number of hydrogen-bond acceptors (Lipinski definition) is 4.